The molecule has 5 heteroatoms. The number of ether oxygens (including phenoxy) is 2. The van der Waals surface area contributed by atoms with Crippen LogP contribution in [0.1, 0.15) is 25.0 Å². The minimum Gasteiger partial charge on any atom is -0.504 e. The molecule has 0 aliphatic carbocycles. The van der Waals surface area contributed by atoms with Crippen molar-refractivity contribution >= 4 is 12.0 Å². The van der Waals surface area contributed by atoms with E-state index in [1.807, 2.05) is 38.1 Å². The molecule has 0 aliphatic heterocycles. The van der Waals surface area contributed by atoms with Gasteiger partial charge in [-0.3, -0.25) is 4.79 Å². The van der Waals surface area contributed by atoms with Crippen molar-refractivity contribution in [2.45, 2.75) is 20.4 Å². The zero-order valence-electron chi connectivity index (χ0n) is 15.4. The predicted molar refractivity (Wildman–Crippen MR) is 102 cm³/mol. The molecule has 0 heterocycles. The first-order chi connectivity index (χ1) is 12.6. The highest BCUT2D eigenvalue weighted by atomic mass is 16.5. The zero-order valence-corrected chi connectivity index (χ0v) is 15.4. The van der Waals surface area contributed by atoms with Gasteiger partial charge in [0.05, 0.1) is 13.7 Å². The number of carbonyl (C=O) groups is 1. The van der Waals surface area contributed by atoms with Crippen molar-refractivity contribution in [1.29, 1.82) is 0 Å². The van der Waals surface area contributed by atoms with E-state index in [0.29, 0.717) is 25.4 Å². The lowest BCUT2D eigenvalue weighted by atomic mass is 10.1. The van der Waals surface area contributed by atoms with Gasteiger partial charge in [-0.25, -0.2) is 0 Å². The fraction of sp³-hybridized carbons (Fsp3) is 0.286. The molecule has 2 aromatic carbocycles. The van der Waals surface area contributed by atoms with Crippen LogP contribution in [0.3, 0.4) is 0 Å². The number of phenols is 1. The molecule has 0 fully saturated rings. The maximum absolute atomic E-state index is 12.5. The number of amides is 1. The number of hydrogen-bond acceptors (Lipinski definition) is 4. The van der Waals surface area contributed by atoms with Gasteiger partial charge in [0, 0.05) is 19.2 Å². The number of rotatable bonds is 8. The molecule has 0 saturated heterocycles. The van der Waals surface area contributed by atoms with Gasteiger partial charge in [0.25, 0.3) is 0 Å². The fourth-order valence-corrected chi connectivity index (χ4v) is 2.48. The average molecular weight is 355 g/mol. The molecular formula is C21H25NO4. The molecule has 2 rings (SSSR count). The highest BCUT2D eigenvalue weighted by Gasteiger charge is 2.11. The third-order valence-electron chi connectivity index (χ3n) is 3.93. The normalized spacial score (nSPS) is 10.7. The van der Waals surface area contributed by atoms with Crippen molar-refractivity contribution < 1.29 is 19.4 Å². The van der Waals surface area contributed by atoms with Crippen LogP contribution >= 0.6 is 0 Å². The van der Waals surface area contributed by atoms with Gasteiger partial charge in [-0.15, -0.1) is 0 Å². The Morgan fingerprint density at radius 3 is 2.50 bits per heavy atom. The molecular weight excluding hydrogens is 330 g/mol. The molecule has 1 amide bonds. The van der Waals surface area contributed by atoms with Crippen LogP contribution in [0.2, 0.25) is 0 Å². The van der Waals surface area contributed by atoms with Crippen LogP contribution < -0.4 is 9.47 Å². The lowest BCUT2D eigenvalue weighted by Crippen LogP contribution is -2.28. The topological polar surface area (TPSA) is 59.0 Å². The van der Waals surface area contributed by atoms with E-state index in [-0.39, 0.29) is 11.7 Å². The molecule has 26 heavy (non-hydrogen) atoms. The summed E-state index contributed by atoms with van der Waals surface area (Å²) in [5.74, 6) is 1.24. The monoisotopic (exact) mass is 355 g/mol. The average Bonchev–Trinajstić information content (AvgIpc) is 2.67. The molecule has 0 spiro atoms. The first-order valence-corrected chi connectivity index (χ1v) is 8.63. The third-order valence-corrected chi connectivity index (χ3v) is 3.93. The second kappa shape index (κ2) is 9.51. The summed E-state index contributed by atoms with van der Waals surface area (Å²) >= 11 is 0. The lowest BCUT2D eigenvalue weighted by Gasteiger charge is -2.20. The number of nitrogens with zero attached hydrogens (tertiary/aromatic N) is 1. The maximum atomic E-state index is 12.5. The van der Waals surface area contributed by atoms with Gasteiger partial charge in [0.2, 0.25) is 5.91 Å². The minimum atomic E-state index is -0.0747. The summed E-state index contributed by atoms with van der Waals surface area (Å²) in [5.41, 5.74) is 1.83. The Labute approximate surface area is 154 Å². The number of methoxy groups -OCH3 is 1. The molecule has 0 radical (unpaired) electrons. The number of hydrogen-bond donors (Lipinski definition) is 1. The summed E-state index contributed by atoms with van der Waals surface area (Å²) in [6.07, 6.45) is 3.35. The van der Waals surface area contributed by atoms with Crippen LogP contribution in [-0.2, 0) is 11.3 Å². The quantitative estimate of drug-likeness (QED) is 0.731. The van der Waals surface area contributed by atoms with Gasteiger partial charge in [0.1, 0.15) is 5.75 Å². The Balaban J connectivity index is 2.06. The molecule has 0 aromatic heterocycles. The molecule has 0 saturated carbocycles. The fourth-order valence-electron chi connectivity index (χ4n) is 2.48. The first kappa shape index (κ1) is 19.4. The summed E-state index contributed by atoms with van der Waals surface area (Å²) in [4.78, 5) is 14.2. The van der Waals surface area contributed by atoms with Crippen molar-refractivity contribution in [2.24, 2.45) is 0 Å². The number of carbonyl (C=O) groups excluding carboxylic acids is 1. The van der Waals surface area contributed by atoms with E-state index in [2.05, 4.69) is 0 Å². The first-order valence-electron chi connectivity index (χ1n) is 8.63. The Bertz CT molecular complexity index is 753. The van der Waals surface area contributed by atoms with Crippen LogP contribution in [0.4, 0.5) is 0 Å². The van der Waals surface area contributed by atoms with Gasteiger partial charge < -0.3 is 19.5 Å². The summed E-state index contributed by atoms with van der Waals surface area (Å²) in [6.45, 7) is 5.29. The lowest BCUT2D eigenvalue weighted by molar-refractivity contribution is -0.126. The Morgan fingerprint density at radius 1 is 1.15 bits per heavy atom. The standard InChI is InChI=1S/C21H25NO4/c1-4-22(15-17-8-12-19(23)20(14-17)26-5-2)21(24)13-9-16-6-10-18(25-3)11-7-16/h6-14,23H,4-5,15H2,1-3H3/b13-9+. The molecule has 1 N–H and O–H groups in total. The molecule has 0 bridgehead atoms. The number of aromatic hydroxyl groups is 1. The Hall–Kier alpha value is -2.95. The van der Waals surface area contributed by atoms with E-state index in [1.165, 1.54) is 0 Å². The number of benzene rings is 2. The largest absolute Gasteiger partial charge is 0.504 e. The highest BCUT2D eigenvalue weighted by molar-refractivity contribution is 5.91. The van der Waals surface area contributed by atoms with E-state index in [1.54, 1.807) is 42.4 Å². The van der Waals surface area contributed by atoms with Crippen molar-refractivity contribution in [3.63, 3.8) is 0 Å². The third kappa shape index (κ3) is 5.28. The van der Waals surface area contributed by atoms with Crippen LogP contribution in [0.15, 0.2) is 48.5 Å². The minimum absolute atomic E-state index is 0.0747. The number of phenolic OH excluding ortho intramolecular Hbond substituents is 1. The Morgan fingerprint density at radius 2 is 1.88 bits per heavy atom. The zero-order chi connectivity index (χ0) is 18.9. The predicted octanol–water partition coefficient (Wildman–Crippen LogP) is 3.86. The SMILES string of the molecule is CCOc1cc(CN(CC)C(=O)/C=C/c2ccc(OC)cc2)ccc1O. The smallest absolute Gasteiger partial charge is 0.246 e. The van der Waals surface area contributed by atoms with Crippen molar-refractivity contribution in [3.05, 3.63) is 59.7 Å². The molecule has 0 unspecified atom stereocenters. The van der Waals surface area contributed by atoms with Crippen molar-refractivity contribution in [2.75, 3.05) is 20.3 Å². The van der Waals surface area contributed by atoms with Crippen LogP contribution in [0.25, 0.3) is 6.08 Å². The molecule has 2 aromatic rings. The van der Waals surface area contributed by atoms with E-state index < -0.39 is 0 Å². The molecule has 0 atom stereocenters. The molecule has 5 nitrogen and oxygen atoms in total. The van der Waals surface area contributed by atoms with Gasteiger partial charge in [-0.05, 0) is 55.3 Å². The molecule has 0 aliphatic rings. The van der Waals surface area contributed by atoms with E-state index in [9.17, 15) is 9.90 Å². The summed E-state index contributed by atoms with van der Waals surface area (Å²) in [7, 11) is 1.62. The van der Waals surface area contributed by atoms with Crippen LogP contribution in [0, 0.1) is 0 Å². The summed E-state index contributed by atoms with van der Waals surface area (Å²) < 4.78 is 10.5. The summed E-state index contributed by atoms with van der Waals surface area (Å²) in [5, 5.41) is 9.79. The van der Waals surface area contributed by atoms with Gasteiger partial charge >= 0.3 is 0 Å². The van der Waals surface area contributed by atoms with E-state index in [0.717, 1.165) is 16.9 Å². The second-order valence-electron chi connectivity index (χ2n) is 5.69. The highest BCUT2D eigenvalue weighted by Crippen LogP contribution is 2.27. The summed E-state index contributed by atoms with van der Waals surface area (Å²) in [6, 6.07) is 12.6. The second-order valence-corrected chi connectivity index (χ2v) is 5.69. The van der Waals surface area contributed by atoms with Crippen LogP contribution in [-0.4, -0.2) is 36.2 Å². The van der Waals surface area contributed by atoms with Crippen LogP contribution in [0.5, 0.6) is 17.2 Å². The van der Waals surface area contributed by atoms with E-state index in [4.69, 9.17) is 9.47 Å². The Kier molecular flexibility index (Phi) is 7.09. The van der Waals surface area contributed by atoms with Gasteiger partial charge in [-0.1, -0.05) is 18.2 Å². The van der Waals surface area contributed by atoms with E-state index >= 15 is 0 Å². The van der Waals surface area contributed by atoms with Crippen molar-refractivity contribution in [1.82, 2.24) is 4.90 Å². The van der Waals surface area contributed by atoms with Gasteiger partial charge in [-0.2, -0.15) is 0 Å². The van der Waals surface area contributed by atoms with Gasteiger partial charge in [0.15, 0.2) is 11.5 Å². The van der Waals surface area contributed by atoms with Crippen molar-refractivity contribution in [3.8, 4) is 17.2 Å². The maximum Gasteiger partial charge on any atom is 0.246 e. The number of likely N-dealkylation sites (N-methyl/N-ethyl adjacent to an activating group) is 1. The molecule has 138 valence electrons.